The minimum absolute atomic E-state index is 0.0801. The largest absolute Gasteiger partial charge is 0.459 e. The monoisotopic (exact) mass is 239 g/mol. The highest BCUT2D eigenvalue weighted by molar-refractivity contribution is 5.95. The number of nitrogen functional groups attached to an aromatic ring is 1. The van der Waals surface area contributed by atoms with Crippen molar-refractivity contribution in [3.8, 4) is 0 Å². The molecule has 1 fully saturated rings. The van der Waals surface area contributed by atoms with Crippen molar-refractivity contribution in [2.24, 2.45) is 0 Å². The van der Waals surface area contributed by atoms with Crippen molar-refractivity contribution in [2.45, 2.75) is 18.9 Å². The Hall–Kier alpha value is -1.62. The molecule has 0 atom stereocenters. The van der Waals surface area contributed by atoms with Crippen LogP contribution in [0.15, 0.2) is 18.2 Å². The topological polar surface area (TPSA) is 61.6 Å². The molecule has 17 heavy (non-hydrogen) atoms. The van der Waals surface area contributed by atoms with Crippen LogP contribution in [0.3, 0.4) is 0 Å². The summed E-state index contributed by atoms with van der Waals surface area (Å²) in [6.45, 7) is 1.16. The molecule has 4 nitrogen and oxygen atoms in total. The van der Waals surface area contributed by atoms with E-state index in [-0.39, 0.29) is 17.4 Å². The van der Waals surface area contributed by atoms with Crippen molar-refractivity contribution in [1.82, 2.24) is 0 Å². The summed E-state index contributed by atoms with van der Waals surface area (Å²) in [5.41, 5.74) is 5.41. The summed E-state index contributed by atoms with van der Waals surface area (Å²) in [5, 5.41) is 0. The maximum atomic E-state index is 13.2. The number of rotatable bonds is 2. The summed E-state index contributed by atoms with van der Waals surface area (Å²) >= 11 is 0. The Morgan fingerprint density at radius 2 is 2.12 bits per heavy atom. The average Bonchev–Trinajstić information content (AvgIpc) is 2.34. The molecule has 0 amide bonds. The van der Waals surface area contributed by atoms with E-state index in [2.05, 4.69) is 0 Å². The van der Waals surface area contributed by atoms with Crippen LogP contribution >= 0.6 is 0 Å². The van der Waals surface area contributed by atoms with Gasteiger partial charge in [0.2, 0.25) is 0 Å². The molecule has 0 unspecified atom stereocenters. The second kappa shape index (κ2) is 5.14. The van der Waals surface area contributed by atoms with E-state index in [9.17, 15) is 9.18 Å². The van der Waals surface area contributed by atoms with E-state index >= 15 is 0 Å². The second-order valence-corrected chi connectivity index (χ2v) is 3.92. The minimum atomic E-state index is -0.605. The van der Waals surface area contributed by atoms with Gasteiger partial charge in [0, 0.05) is 12.8 Å². The van der Waals surface area contributed by atoms with Crippen LogP contribution < -0.4 is 5.73 Å². The van der Waals surface area contributed by atoms with Crippen molar-refractivity contribution >= 4 is 11.7 Å². The molecule has 0 aromatic heterocycles. The van der Waals surface area contributed by atoms with Gasteiger partial charge in [0.05, 0.1) is 24.5 Å². The number of benzene rings is 1. The fraction of sp³-hybridized carbons (Fsp3) is 0.417. The van der Waals surface area contributed by atoms with Crippen LogP contribution in [0.1, 0.15) is 23.2 Å². The molecular weight excluding hydrogens is 225 g/mol. The van der Waals surface area contributed by atoms with Crippen molar-refractivity contribution < 1.29 is 18.7 Å². The van der Waals surface area contributed by atoms with Crippen LogP contribution in [0.5, 0.6) is 0 Å². The van der Waals surface area contributed by atoms with Gasteiger partial charge in [-0.05, 0) is 12.1 Å². The van der Waals surface area contributed by atoms with Crippen LogP contribution in [0.25, 0.3) is 0 Å². The lowest BCUT2D eigenvalue weighted by Crippen LogP contribution is -2.26. The Bertz CT molecular complexity index is 416. The third kappa shape index (κ3) is 2.74. The van der Waals surface area contributed by atoms with Gasteiger partial charge in [0.15, 0.2) is 0 Å². The van der Waals surface area contributed by atoms with Gasteiger partial charge in [-0.3, -0.25) is 0 Å². The maximum absolute atomic E-state index is 13.2. The standard InChI is InChI=1S/C12H14FNO3/c13-10-3-1-2-9(11(10)14)12(15)17-8-4-6-16-7-5-8/h1-3,8H,4-7,14H2. The van der Waals surface area contributed by atoms with Gasteiger partial charge in [0.1, 0.15) is 11.9 Å². The molecule has 2 N–H and O–H groups in total. The number of para-hydroxylation sites is 1. The van der Waals surface area contributed by atoms with E-state index in [0.717, 1.165) is 0 Å². The molecule has 1 aliphatic rings. The van der Waals surface area contributed by atoms with E-state index < -0.39 is 11.8 Å². The van der Waals surface area contributed by atoms with Gasteiger partial charge < -0.3 is 15.2 Å². The molecule has 0 saturated carbocycles. The highest BCUT2D eigenvalue weighted by Gasteiger charge is 2.21. The Labute approximate surface area is 98.5 Å². The number of nitrogens with two attached hydrogens (primary N) is 1. The van der Waals surface area contributed by atoms with E-state index in [1.807, 2.05) is 0 Å². The Balaban J connectivity index is 2.06. The molecular formula is C12H14FNO3. The second-order valence-electron chi connectivity index (χ2n) is 3.92. The zero-order valence-corrected chi connectivity index (χ0v) is 9.32. The summed E-state index contributed by atoms with van der Waals surface area (Å²) < 4.78 is 23.6. The number of hydrogen-bond donors (Lipinski definition) is 1. The third-order valence-electron chi connectivity index (χ3n) is 2.71. The third-order valence-corrected chi connectivity index (χ3v) is 2.71. The number of hydrogen-bond acceptors (Lipinski definition) is 4. The van der Waals surface area contributed by atoms with Gasteiger partial charge in [-0.15, -0.1) is 0 Å². The molecule has 0 bridgehead atoms. The quantitative estimate of drug-likeness (QED) is 0.630. The molecule has 5 heteroatoms. The first-order chi connectivity index (χ1) is 8.18. The van der Waals surface area contributed by atoms with Crippen LogP contribution in [0.2, 0.25) is 0 Å². The number of ether oxygens (including phenoxy) is 2. The smallest absolute Gasteiger partial charge is 0.340 e. The number of halogens is 1. The van der Waals surface area contributed by atoms with Crippen molar-refractivity contribution in [1.29, 1.82) is 0 Å². The molecule has 0 radical (unpaired) electrons. The molecule has 1 saturated heterocycles. The number of esters is 1. The lowest BCUT2D eigenvalue weighted by atomic mass is 10.1. The van der Waals surface area contributed by atoms with Crippen LogP contribution in [0, 0.1) is 5.82 Å². The first kappa shape index (κ1) is 11.9. The van der Waals surface area contributed by atoms with Crippen LogP contribution in [0.4, 0.5) is 10.1 Å². The summed E-state index contributed by atoms with van der Waals surface area (Å²) in [6.07, 6.45) is 1.17. The molecule has 2 rings (SSSR count). The fourth-order valence-electron chi connectivity index (χ4n) is 1.72. The van der Waals surface area contributed by atoms with Gasteiger partial charge in [0.25, 0.3) is 0 Å². The van der Waals surface area contributed by atoms with Crippen molar-refractivity contribution in [3.63, 3.8) is 0 Å². The number of carbonyl (C=O) groups excluding carboxylic acids is 1. The first-order valence-corrected chi connectivity index (χ1v) is 5.51. The normalized spacial score (nSPS) is 16.8. The molecule has 92 valence electrons. The summed E-state index contributed by atoms with van der Waals surface area (Å²) in [5.74, 6) is -1.18. The fourth-order valence-corrected chi connectivity index (χ4v) is 1.72. The maximum Gasteiger partial charge on any atom is 0.340 e. The summed E-state index contributed by atoms with van der Waals surface area (Å²) in [7, 11) is 0. The molecule has 1 aliphatic heterocycles. The molecule has 0 aliphatic carbocycles. The van der Waals surface area contributed by atoms with Crippen molar-refractivity contribution in [2.75, 3.05) is 18.9 Å². The van der Waals surface area contributed by atoms with Gasteiger partial charge in [-0.25, -0.2) is 9.18 Å². The highest BCUT2D eigenvalue weighted by atomic mass is 19.1. The zero-order chi connectivity index (χ0) is 12.3. The zero-order valence-electron chi connectivity index (χ0n) is 9.32. The minimum Gasteiger partial charge on any atom is -0.459 e. The SMILES string of the molecule is Nc1c(F)cccc1C(=O)OC1CCOCC1. The predicted octanol–water partition coefficient (Wildman–Crippen LogP) is 1.74. The predicted molar refractivity (Wildman–Crippen MR) is 60.1 cm³/mol. The molecule has 1 aromatic carbocycles. The molecule has 1 heterocycles. The van der Waals surface area contributed by atoms with E-state index in [1.165, 1.54) is 18.2 Å². The average molecular weight is 239 g/mol. The van der Waals surface area contributed by atoms with E-state index in [1.54, 1.807) is 0 Å². The lowest BCUT2D eigenvalue weighted by molar-refractivity contribution is -0.0158. The molecule has 1 aromatic rings. The first-order valence-electron chi connectivity index (χ1n) is 5.51. The number of anilines is 1. The Kier molecular flexibility index (Phi) is 3.58. The molecule has 0 spiro atoms. The summed E-state index contributed by atoms with van der Waals surface area (Å²) in [6, 6.07) is 4.10. The summed E-state index contributed by atoms with van der Waals surface area (Å²) in [4.78, 5) is 11.8. The Morgan fingerprint density at radius 3 is 2.82 bits per heavy atom. The number of carbonyl (C=O) groups is 1. The van der Waals surface area contributed by atoms with E-state index in [4.69, 9.17) is 15.2 Å². The van der Waals surface area contributed by atoms with Crippen LogP contribution in [-0.4, -0.2) is 25.3 Å². The van der Waals surface area contributed by atoms with Gasteiger partial charge >= 0.3 is 5.97 Å². The highest BCUT2D eigenvalue weighted by Crippen LogP contribution is 2.19. The Morgan fingerprint density at radius 1 is 1.41 bits per heavy atom. The lowest BCUT2D eigenvalue weighted by Gasteiger charge is -2.22. The van der Waals surface area contributed by atoms with Gasteiger partial charge in [-0.2, -0.15) is 0 Å². The van der Waals surface area contributed by atoms with E-state index in [0.29, 0.717) is 26.1 Å². The van der Waals surface area contributed by atoms with Crippen molar-refractivity contribution in [3.05, 3.63) is 29.6 Å². The van der Waals surface area contributed by atoms with Crippen LogP contribution in [-0.2, 0) is 9.47 Å². The van der Waals surface area contributed by atoms with Gasteiger partial charge in [-0.1, -0.05) is 6.07 Å².